The molecule has 0 saturated carbocycles. The molecule has 2 aliphatic heterocycles. The summed E-state index contributed by atoms with van der Waals surface area (Å²) in [6.45, 7) is -0.00771. The van der Waals surface area contributed by atoms with Crippen LogP contribution < -0.4 is 24.4 Å². The molecule has 1 atom stereocenters. The van der Waals surface area contributed by atoms with Gasteiger partial charge in [-0.05, 0) is 35.9 Å². The van der Waals surface area contributed by atoms with Crippen molar-refractivity contribution < 1.29 is 48.6 Å². The van der Waals surface area contributed by atoms with Crippen molar-refractivity contribution in [2.75, 3.05) is 13.9 Å². The summed E-state index contributed by atoms with van der Waals surface area (Å²) in [7, 11) is 1.46. The first-order valence-electron chi connectivity index (χ1n) is 11.0. The third kappa shape index (κ3) is 3.35. The lowest BCUT2D eigenvalue weighted by Gasteiger charge is -2.26. The molecule has 4 N–H and O–H groups in total. The number of rotatable bonds is 3. The standard InChI is InChI=1S/C26H18O11/c1-33-17-5-11(6-18-25(17)35-9-34-18)12-7-19(30)36-16-8-15(29)21-22(31)23(32)24(37-26(21)20(12)16)10-2-3-13(27)14(28)4-10/h2-6,8,12,27-29,32H,7,9H2,1H3/t12-/m1/s1. The minimum atomic E-state index is -0.942. The second-order valence-electron chi connectivity index (χ2n) is 8.51. The summed E-state index contributed by atoms with van der Waals surface area (Å²) in [5.74, 6) is -2.78. The van der Waals surface area contributed by atoms with Crippen LogP contribution in [0, 0.1) is 0 Å². The van der Waals surface area contributed by atoms with E-state index in [1.54, 1.807) is 12.1 Å². The number of esters is 1. The molecule has 0 aliphatic carbocycles. The fourth-order valence-corrected chi connectivity index (χ4v) is 4.68. The quantitative estimate of drug-likeness (QED) is 0.183. The van der Waals surface area contributed by atoms with Crippen LogP contribution in [0.25, 0.3) is 22.3 Å². The first kappa shape index (κ1) is 22.4. The van der Waals surface area contributed by atoms with E-state index in [2.05, 4.69) is 0 Å². The van der Waals surface area contributed by atoms with Gasteiger partial charge in [-0.2, -0.15) is 0 Å². The summed E-state index contributed by atoms with van der Waals surface area (Å²) in [5.41, 5.74) is -0.157. The highest BCUT2D eigenvalue weighted by Gasteiger charge is 2.36. The molecule has 0 spiro atoms. The third-order valence-electron chi connectivity index (χ3n) is 6.39. The Morgan fingerprint density at radius 2 is 1.73 bits per heavy atom. The highest BCUT2D eigenvalue weighted by atomic mass is 16.7. The molecule has 0 saturated heterocycles. The van der Waals surface area contributed by atoms with E-state index in [9.17, 15) is 30.0 Å². The van der Waals surface area contributed by atoms with Gasteiger partial charge in [-0.15, -0.1) is 0 Å². The van der Waals surface area contributed by atoms with Gasteiger partial charge in [0.15, 0.2) is 28.8 Å². The fourth-order valence-electron chi connectivity index (χ4n) is 4.68. The lowest BCUT2D eigenvalue weighted by atomic mass is 9.84. The van der Waals surface area contributed by atoms with Crippen molar-refractivity contribution in [2.24, 2.45) is 0 Å². The van der Waals surface area contributed by atoms with Gasteiger partial charge < -0.3 is 43.8 Å². The first-order valence-corrected chi connectivity index (χ1v) is 11.0. The fraction of sp³-hybridized carbons (Fsp3) is 0.154. The molecule has 0 fully saturated rings. The van der Waals surface area contributed by atoms with Gasteiger partial charge in [-0.3, -0.25) is 9.59 Å². The molecule has 3 heterocycles. The van der Waals surface area contributed by atoms with Crippen LogP contribution in [0.4, 0.5) is 0 Å². The Morgan fingerprint density at radius 1 is 0.919 bits per heavy atom. The number of hydrogen-bond acceptors (Lipinski definition) is 11. The van der Waals surface area contributed by atoms with Crippen molar-refractivity contribution in [3.63, 3.8) is 0 Å². The average molecular weight is 506 g/mol. The molecule has 3 aromatic carbocycles. The largest absolute Gasteiger partial charge is 0.507 e. The van der Waals surface area contributed by atoms with Crippen molar-refractivity contribution in [1.29, 1.82) is 0 Å². The van der Waals surface area contributed by atoms with Crippen LogP contribution in [-0.2, 0) is 4.79 Å². The molecule has 0 bridgehead atoms. The number of hydrogen-bond donors (Lipinski definition) is 4. The second kappa shape index (κ2) is 7.98. The molecule has 1 aromatic heterocycles. The molecule has 0 amide bonds. The minimum absolute atomic E-state index is 0.00771. The average Bonchev–Trinajstić information content (AvgIpc) is 3.35. The predicted octanol–water partition coefficient (Wildman–Crippen LogP) is 3.46. The molecule has 188 valence electrons. The molecular weight excluding hydrogens is 488 g/mol. The van der Waals surface area contributed by atoms with Gasteiger partial charge in [0.05, 0.1) is 13.5 Å². The van der Waals surface area contributed by atoms with Crippen molar-refractivity contribution in [3.05, 3.63) is 57.7 Å². The van der Waals surface area contributed by atoms with Gasteiger partial charge in [0.1, 0.15) is 22.5 Å². The van der Waals surface area contributed by atoms with Crippen LogP contribution in [0.5, 0.6) is 46.0 Å². The van der Waals surface area contributed by atoms with Gasteiger partial charge in [0, 0.05) is 23.1 Å². The number of methoxy groups -OCH3 is 1. The third-order valence-corrected chi connectivity index (χ3v) is 6.39. The van der Waals surface area contributed by atoms with E-state index in [0.717, 1.165) is 18.2 Å². The predicted molar refractivity (Wildman–Crippen MR) is 126 cm³/mol. The SMILES string of the molecule is COc1cc([C@H]2CC(=O)Oc3cc(O)c4c(=O)c(O)c(-c5ccc(O)c(O)c5)oc4c32)cc2c1OCO2. The molecular formula is C26H18O11. The number of aromatic hydroxyl groups is 4. The summed E-state index contributed by atoms with van der Waals surface area (Å²) in [6, 6.07) is 8.05. The summed E-state index contributed by atoms with van der Waals surface area (Å²) >= 11 is 0. The molecule has 37 heavy (non-hydrogen) atoms. The van der Waals surface area contributed by atoms with Crippen molar-refractivity contribution >= 4 is 16.9 Å². The Morgan fingerprint density at radius 3 is 2.49 bits per heavy atom. The van der Waals surface area contributed by atoms with E-state index in [-0.39, 0.29) is 46.8 Å². The Kier molecular flexibility index (Phi) is 4.83. The molecule has 11 heteroatoms. The zero-order chi connectivity index (χ0) is 26.0. The molecule has 4 aromatic rings. The second-order valence-corrected chi connectivity index (χ2v) is 8.51. The lowest BCUT2D eigenvalue weighted by Crippen LogP contribution is -2.22. The molecule has 6 rings (SSSR count). The smallest absolute Gasteiger partial charge is 0.312 e. The Labute approximate surface area is 207 Å². The van der Waals surface area contributed by atoms with E-state index in [4.69, 9.17) is 23.4 Å². The van der Waals surface area contributed by atoms with Crippen LogP contribution in [0.15, 0.2) is 45.6 Å². The van der Waals surface area contributed by atoms with E-state index in [0.29, 0.717) is 22.8 Å². The Hall–Kier alpha value is -5.06. The van der Waals surface area contributed by atoms with Crippen LogP contribution in [0.1, 0.15) is 23.5 Å². The number of carbonyl (C=O) groups excluding carboxylic acids is 1. The van der Waals surface area contributed by atoms with Crippen molar-refractivity contribution in [2.45, 2.75) is 12.3 Å². The number of phenolic OH excluding ortho intramolecular Hbond substituents is 3. The highest BCUT2D eigenvalue weighted by molar-refractivity contribution is 5.94. The summed E-state index contributed by atoms with van der Waals surface area (Å²) in [6.07, 6.45) is -0.143. The van der Waals surface area contributed by atoms with Crippen molar-refractivity contribution in [3.8, 4) is 57.3 Å². The number of benzene rings is 3. The number of carbonyl (C=O) groups is 1. The lowest BCUT2D eigenvalue weighted by molar-refractivity contribution is -0.135. The normalized spacial score (nSPS) is 15.9. The number of phenols is 3. The monoisotopic (exact) mass is 506 g/mol. The van der Waals surface area contributed by atoms with Gasteiger partial charge in [0.25, 0.3) is 0 Å². The van der Waals surface area contributed by atoms with E-state index in [1.165, 1.54) is 13.2 Å². The van der Waals surface area contributed by atoms with E-state index in [1.807, 2.05) is 0 Å². The Bertz CT molecular complexity index is 1690. The van der Waals surface area contributed by atoms with Crippen LogP contribution in [-0.4, -0.2) is 40.3 Å². The molecule has 0 radical (unpaired) electrons. The highest BCUT2D eigenvalue weighted by Crippen LogP contribution is 2.50. The van der Waals surface area contributed by atoms with Gasteiger partial charge in [0.2, 0.25) is 23.7 Å². The number of fused-ring (bicyclic) bond motifs is 4. The molecule has 11 nitrogen and oxygen atoms in total. The Balaban J connectivity index is 1.65. The maximum atomic E-state index is 13.2. The summed E-state index contributed by atoms with van der Waals surface area (Å²) < 4.78 is 27.8. The van der Waals surface area contributed by atoms with E-state index < -0.39 is 40.3 Å². The number of ether oxygens (including phenoxy) is 4. The van der Waals surface area contributed by atoms with Crippen LogP contribution in [0.2, 0.25) is 0 Å². The maximum Gasteiger partial charge on any atom is 0.312 e. The van der Waals surface area contributed by atoms with Crippen LogP contribution >= 0.6 is 0 Å². The zero-order valence-corrected chi connectivity index (χ0v) is 19.1. The molecule has 2 aliphatic rings. The van der Waals surface area contributed by atoms with Gasteiger partial charge >= 0.3 is 5.97 Å². The topological polar surface area (TPSA) is 165 Å². The van der Waals surface area contributed by atoms with Gasteiger partial charge in [-0.1, -0.05) is 0 Å². The van der Waals surface area contributed by atoms with Crippen LogP contribution in [0.3, 0.4) is 0 Å². The minimum Gasteiger partial charge on any atom is -0.507 e. The van der Waals surface area contributed by atoms with E-state index >= 15 is 0 Å². The zero-order valence-electron chi connectivity index (χ0n) is 19.1. The maximum absolute atomic E-state index is 13.2. The van der Waals surface area contributed by atoms with Crippen molar-refractivity contribution in [1.82, 2.24) is 0 Å². The summed E-state index contributed by atoms with van der Waals surface area (Å²) in [5, 5.41) is 40.6. The molecule has 0 unspecified atom stereocenters. The first-order chi connectivity index (χ1) is 17.8. The summed E-state index contributed by atoms with van der Waals surface area (Å²) in [4.78, 5) is 25.7. The van der Waals surface area contributed by atoms with Gasteiger partial charge in [-0.25, -0.2) is 0 Å².